The zero-order valence-corrected chi connectivity index (χ0v) is 6.60. The van der Waals surface area contributed by atoms with Crippen molar-refractivity contribution in [2.45, 2.75) is 13.0 Å². The van der Waals surface area contributed by atoms with E-state index in [2.05, 4.69) is 4.74 Å². The Labute approximate surface area is 65.1 Å². The van der Waals surface area contributed by atoms with Crippen LogP contribution < -0.4 is 5.73 Å². The lowest BCUT2D eigenvalue weighted by molar-refractivity contribution is -0.144. The highest BCUT2D eigenvalue weighted by Crippen LogP contribution is 1.83. The molecule has 0 heterocycles. The zero-order chi connectivity index (χ0) is 7.44. The van der Waals surface area contributed by atoms with Crippen LogP contribution in [0.4, 0.5) is 0 Å². The maximum atomic E-state index is 10.4. The average molecular weight is 168 g/mol. The summed E-state index contributed by atoms with van der Waals surface area (Å²) in [7, 11) is 1.19. The van der Waals surface area contributed by atoms with Gasteiger partial charge in [-0.2, -0.15) is 0 Å². The molecule has 0 aromatic rings. The molecule has 60 valence electrons. The summed E-state index contributed by atoms with van der Waals surface area (Å²) in [5.41, 5.74) is 5.05. The lowest BCUT2D eigenvalue weighted by atomic mass is 10.2. The Morgan fingerprint density at radius 3 is 2.00 bits per heavy atom. The fraction of sp³-hybridized carbons (Fsp3) is 0.600. The number of carbonyl (C=O) groups is 2. The number of rotatable bonds is 2. The number of hydrogen-bond acceptors (Lipinski definition) is 4. The normalized spacial score (nSPS) is 11.1. The van der Waals surface area contributed by atoms with E-state index < -0.39 is 12.0 Å². The minimum absolute atomic E-state index is 0. The molecular weight excluding hydrogens is 158 g/mol. The van der Waals surface area contributed by atoms with Crippen LogP contribution in [0.1, 0.15) is 6.92 Å². The van der Waals surface area contributed by atoms with Crippen LogP contribution in [0.2, 0.25) is 0 Å². The monoisotopic (exact) mass is 167 g/mol. The van der Waals surface area contributed by atoms with Crippen molar-refractivity contribution in [2.24, 2.45) is 5.73 Å². The van der Waals surface area contributed by atoms with Gasteiger partial charge in [0, 0.05) is 0 Å². The Hall–Kier alpha value is -0.610. The van der Waals surface area contributed by atoms with Crippen LogP contribution in [-0.4, -0.2) is 24.9 Å². The SMILES string of the molecule is COC(=O)[C@@H](N)C(C)=O.Cl. The third-order valence-electron chi connectivity index (χ3n) is 0.893. The molecule has 0 aromatic heterocycles. The first kappa shape index (κ1) is 12.1. The standard InChI is InChI=1S/C5H9NO3.ClH/c1-3(7)4(6)5(8)9-2;/h4H,6H2,1-2H3;1H/t4-;/m0./s1. The molecule has 4 nitrogen and oxygen atoms in total. The molecule has 2 N–H and O–H groups in total. The van der Waals surface area contributed by atoms with Gasteiger partial charge in [-0.1, -0.05) is 0 Å². The van der Waals surface area contributed by atoms with E-state index >= 15 is 0 Å². The quantitative estimate of drug-likeness (QED) is 0.445. The second-order valence-electron chi connectivity index (χ2n) is 1.61. The zero-order valence-electron chi connectivity index (χ0n) is 5.79. The third-order valence-corrected chi connectivity index (χ3v) is 0.893. The smallest absolute Gasteiger partial charge is 0.330 e. The van der Waals surface area contributed by atoms with Gasteiger partial charge >= 0.3 is 5.97 Å². The predicted octanol–water partition coefficient (Wildman–Crippen LogP) is -0.503. The maximum absolute atomic E-state index is 10.4. The first-order chi connectivity index (χ1) is 4.09. The van der Waals surface area contributed by atoms with E-state index in [1.54, 1.807) is 0 Å². The maximum Gasteiger partial charge on any atom is 0.330 e. The summed E-state index contributed by atoms with van der Waals surface area (Å²) in [6.07, 6.45) is 0. The van der Waals surface area contributed by atoms with Gasteiger partial charge in [-0.05, 0) is 6.92 Å². The summed E-state index contributed by atoms with van der Waals surface area (Å²) in [6, 6.07) is -1.12. The first-order valence-corrected chi connectivity index (χ1v) is 2.43. The van der Waals surface area contributed by atoms with Crippen molar-refractivity contribution >= 4 is 24.2 Å². The van der Waals surface area contributed by atoms with Crippen molar-refractivity contribution in [3.8, 4) is 0 Å². The van der Waals surface area contributed by atoms with Crippen LogP contribution in [0.25, 0.3) is 0 Å². The van der Waals surface area contributed by atoms with Gasteiger partial charge in [-0.3, -0.25) is 4.79 Å². The highest BCUT2D eigenvalue weighted by atomic mass is 35.5. The number of ketones is 1. The van der Waals surface area contributed by atoms with Gasteiger partial charge in [0.2, 0.25) is 0 Å². The Morgan fingerprint density at radius 1 is 1.50 bits per heavy atom. The molecule has 0 fully saturated rings. The second kappa shape index (κ2) is 5.20. The van der Waals surface area contributed by atoms with E-state index in [1.165, 1.54) is 14.0 Å². The summed E-state index contributed by atoms with van der Waals surface area (Å²) in [4.78, 5) is 20.7. The van der Waals surface area contributed by atoms with Crippen molar-refractivity contribution in [1.29, 1.82) is 0 Å². The number of carbonyl (C=O) groups excluding carboxylic acids is 2. The molecule has 0 aliphatic carbocycles. The first-order valence-electron chi connectivity index (χ1n) is 2.43. The number of methoxy groups -OCH3 is 1. The number of ether oxygens (including phenoxy) is 1. The highest BCUT2D eigenvalue weighted by Gasteiger charge is 2.17. The molecule has 10 heavy (non-hydrogen) atoms. The van der Waals surface area contributed by atoms with E-state index in [0.717, 1.165) is 0 Å². The molecule has 5 heteroatoms. The van der Waals surface area contributed by atoms with Crippen molar-refractivity contribution in [2.75, 3.05) is 7.11 Å². The van der Waals surface area contributed by atoms with Gasteiger partial charge in [-0.15, -0.1) is 12.4 Å². The van der Waals surface area contributed by atoms with Crippen LogP contribution in [0.3, 0.4) is 0 Å². The minimum Gasteiger partial charge on any atom is -0.468 e. The van der Waals surface area contributed by atoms with E-state index in [4.69, 9.17) is 5.73 Å². The summed E-state index contributed by atoms with van der Waals surface area (Å²) < 4.78 is 4.19. The third kappa shape index (κ3) is 3.42. The number of Topliss-reactive ketones (excluding diaryl/α,β-unsaturated/α-hetero) is 1. The Balaban J connectivity index is 0. The highest BCUT2D eigenvalue weighted by molar-refractivity contribution is 6.01. The van der Waals surface area contributed by atoms with E-state index in [9.17, 15) is 9.59 Å². The molecule has 0 saturated carbocycles. The molecule has 0 rings (SSSR count). The van der Waals surface area contributed by atoms with Crippen molar-refractivity contribution in [3.63, 3.8) is 0 Å². The fourth-order valence-electron chi connectivity index (χ4n) is 0.293. The summed E-state index contributed by atoms with van der Waals surface area (Å²) in [6.45, 7) is 1.24. The van der Waals surface area contributed by atoms with E-state index in [-0.39, 0.29) is 18.2 Å². The number of nitrogens with two attached hydrogens (primary N) is 1. The molecule has 0 aliphatic heterocycles. The van der Waals surface area contributed by atoms with Gasteiger partial charge in [0.15, 0.2) is 11.8 Å². The van der Waals surface area contributed by atoms with Gasteiger partial charge in [0.1, 0.15) is 0 Å². The summed E-state index contributed by atoms with van der Waals surface area (Å²) in [5.74, 6) is -1.08. The second-order valence-corrected chi connectivity index (χ2v) is 1.61. The molecule has 0 aliphatic rings. The van der Waals surface area contributed by atoms with Gasteiger partial charge in [-0.25, -0.2) is 4.79 Å². The van der Waals surface area contributed by atoms with Crippen LogP contribution in [0.15, 0.2) is 0 Å². The minimum atomic E-state index is -1.12. The molecular formula is C5H10ClNO3. The van der Waals surface area contributed by atoms with E-state index in [0.29, 0.717) is 0 Å². The lowest BCUT2D eigenvalue weighted by Crippen LogP contribution is -2.37. The molecule has 0 radical (unpaired) electrons. The molecule has 0 saturated heterocycles. The fourth-order valence-corrected chi connectivity index (χ4v) is 0.293. The van der Waals surface area contributed by atoms with Crippen molar-refractivity contribution in [3.05, 3.63) is 0 Å². The van der Waals surface area contributed by atoms with Gasteiger partial charge in [0.05, 0.1) is 7.11 Å². The van der Waals surface area contributed by atoms with Crippen molar-refractivity contribution < 1.29 is 14.3 Å². The molecule has 0 amide bonds. The largest absolute Gasteiger partial charge is 0.468 e. The van der Waals surface area contributed by atoms with E-state index in [1.807, 2.05) is 0 Å². The topological polar surface area (TPSA) is 69.4 Å². The van der Waals surface area contributed by atoms with Crippen LogP contribution in [0, 0.1) is 0 Å². The summed E-state index contributed by atoms with van der Waals surface area (Å²) in [5, 5.41) is 0. The van der Waals surface area contributed by atoms with Crippen molar-refractivity contribution in [1.82, 2.24) is 0 Å². The Morgan fingerprint density at radius 2 is 1.90 bits per heavy atom. The molecule has 0 aromatic carbocycles. The molecule has 0 spiro atoms. The molecule has 0 bridgehead atoms. The Kier molecular flexibility index (Phi) is 6.29. The van der Waals surface area contributed by atoms with Gasteiger partial charge in [0.25, 0.3) is 0 Å². The van der Waals surface area contributed by atoms with Crippen LogP contribution in [0.5, 0.6) is 0 Å². The summed E-state index contributed by atoms with van der Waals surface area (Å²) >= 11 is 0. The van der Waals surface area contributed by atoms with Crippen LogP contribution >= 0.6 is 12.4 Å². The molecule has 1 atom stereocenters. The number of halogens is 1. The van der Waals surface area contributed by atoms with Gasteiger partial charge < -0.3 is 10.5 Å². The average Bonchev–Trinajstić information content (AvgIpc) is 1.84. The lowest BCUT2D eigenvalue weighted by Gasteiger charge is -2.02. The Bertz CT molecular complexity index is 137. The number of esters is 1. The number of hydrogen-bond donors (Lipinski definition) is 1. The predicted molar refractivity (Wildman–Crippen MR) is 37.9 cm³/mol. The van der Waals surface area contributed by atoms with Crippen LogP contribution in [-0.2, 0) is 14.3 Å². The molecule has 0 unspecified atom stereocenters.